The third kappa shape index (κ3) is 6.04. The summed E-state index contributed by atoms with van der Waals surface area (Å²) < 4.78 is 0. The highest BCUT2D eigenvalue weighted by Crippen LogP contribution is 2.22. The van der Waals surface area contributed by atoms with E-state index in [0.717, 1.165) is 5.56 Å². The molecule has 0 heterocycles. The van der Waals surface area contributed by atoms with Gasteiger partial charge in [0.1, 0.15) is 0 Å². The van der Waals surface area contributed by atoms with Crippen LogP contribution in [0, 0.1) is 0 Å². The van der Waals surface area contributed by atoms with Gasteiger partial charge in [-0.3, -0.25) is 4.79 Å². The topological polar surface area (TPSA) is 49.3 Å². The van der Waals surface area contributed by atoms with Gasteiger partial charge in [-0.1, -0.05) is 29.3 Å². The van der Waals surface area contributed by atoms with E-state index in [9.17, 15) is 9.90 Å². The van der Waals surface area contributed by atoms with Gasteiger partial charge in [0.25, 0.3) is 0 Å². The molecule has 0 fully saturated rings. The van der Waals surface area contributed by atoms with Crippen LogP contribution in [0.5, 0.6) is 0 Å². The van der Waals surface area contributed by atoms with Crippen molar-refractivity contribution < 1.29 is 9.90 Å². The van der Waals surface area contributed by atoms with Crippen LogP contribution >= 0.6 is 35.0 Å². The minimum absolute atomic E-state index is 0.153. The zero-order valence-corrected chi connectivity index (χ0v) is 13.2. The molecule has 3 nitrogen and oxygen atoms in total. The Kier molecular flexibility index (Phi) is 6.47. The van der Waals surface area contributed by atoms with E-state index in [1.165, 1.54) is 11.8 Å². The maximum Gasteiger partial charge on any atom is 0.224 e. The zero-order chi connectivity index (χ0) is 14.5. The van der Waals surface area contributed by atoms with Crippen LogP contribution in [0.2, 0.25) is 10.0 Å². The van der Waals surface area contributed by atoms with Crippen molar-refractivity contribution in [1.29, 1.82) is 0 Å². The standard InChI is InChI=1S/C13H17Cl2NO2S/c1-13(18,8-19-2)7-16-12(17)6-9-3-4-10(14)11(15)5-9/h3-5,18H,6-8H2,1-2H3,(H,16,17)/t13-/m1/s1. The highest BCUT2D eigenvalue weighted by atomic mass is 35.5. The lowest BCUT2D eigenvalue weighted by Gasteiger charge is -2.22. The maximum absolute atomic E-state index is 11.8. The molecule has 0 unspecified atom stereocenters. The minimum Gasteiger partial charge on any atom is -0.387 e. The molecule has 1 rings (SSSR count). The number of amides is 1. The predicted octanol–water partition coefficient (Wildman–Crippen LogP) is 2.77. The Morgan fingerprint density at radius 3 is 2.68 bits per heavy atom. The third-order valence-corrected chi connectivity index (χ3v) is 4.12. The summed E-state index contributed by atoms with van der Waals surface area (Å²) in [6.45, 7) is 1.93. The molecule has 1 aromatic rings. The average molecular weight is 322 g/mol. The number of rotatable bonds is 6. The minimum atomic E-state index is -0.896. The summed E-state index contributed by atoms with van der Waals surface area (Å²) in [4.78, 5) is 11.8. The molecular weight excluding hydrogens is 305 g/mol. The van der Waals surface area contributed by atoms with Gasteiger partial charge in [-0.2, -0.15) is 11.8 Å². The number of carbonyl (C=O) groups excluding carboxylic acids is 1. The zero-order valence-electron chi connectivity index (χ0n) is 10.9. The van der Waals surface area contributed by atoms with Gasteiger partial charge < -0.3 is 10.4 Å². The van der Waals surface area contributed by atoms with Gasteiger partial charge in [-0.15, -0.1) is 0 Å². The number of thioether (sulfide) groups is 1. The molecule has 106 valence electrons. The number of halogens is 2. The molecule has 0 saturated heterocycles. The lowest BCUT2D eigenvalue weighted by atomic mass is 10.1. The second kappa shape index (κ2) is 7.39. The van der Waals surface area contributed by atoms with E-state index < -0.39 is 5.60 Å². The van der Waals surface area contributed by atoms with E-state index in [2.05, 4.69) is 5.32 Å². The van der Waals surface area contributed by atoms with Crippen molar-refractivity contribution in [2.75, 3.05) is 18.6 Å². The van der Waals surface area contributed by atoms with Crippen LogP contribution in [-0.4, -0.2) is 35.2 Å². The van der Waals surface area contributed by atoms with E-state index in [0.29, 0.717) is 15.8 Å². The molecule has 1 atom stereocenters. The second-order valence-electron chi connectivity index (χ2n) is 4.63. The Hall–Kier alpha value is -0.420. The smallest absolute Gasteiger partial charge is 0.224 e. The van der Waals surface area contributed by atoms with Crippen molar-refractivity contribution in [2.45, 2.75) is 18.9 Å². The third-order valence-electron chi connectivity index (χ3n) is 2.47. The predicted molar refractivity (Wildman–Crippen MR) is 82.2 cm³/mol. The summed E-state index contributed by atoms with van der Waals surface area (Å²) in [5, 5.41) is 13.5. The first-order chi connectivity index (χ1) is 8.84. The van der Waals surface area contributed by atoms with Crippen LogP contribution in [0.3, 0.4) is 0 Å². The number of aliphatic hydroxyl groups is 1. The van der Waals surface area contributed by atoms with Gasteiger partial charge in [0, 0.05) is 12.3 Å². The normalized spacial score (nSPS) is 13.9. The SMILES string of the molecule is CSC[C@](C)(O)CNC(=O)Cc1ccc(Cl)c(Cl)c1. The molecule has 19 heavy (non-hydrogen) atoms. The van der Waals surface area contributed by atoms with E-state index in [-0.39, 0.29) is 18.9 Å². The Balaban J connectivity index is 2.49. The van der Waals surface area contributed by atoms with E-state index in [1.807, 2.05) is 6.26 Å². The molecule has 0 spiro atoms. The molecule has 0 aliphatic carbocycles. The average Bonchev–Trinajstić information content (AvgIpc) is 2.32. The van der Waals surface area contributed by atoms with Crippen molar-refractivity contribution in [2.24, 2.45) is 0 Å². The molecule has 0 radical (unpaired) electrons. The molecule has 0 aromatic heterocycles. The summed E-state index contributed by atoms with van der Waals surface area (Å²) in [6.07, 6.45) is 2.12. The number of hydrogen-bond donors (Lipinski definition) is 2. The maximum atomic E-state index is 11.8. The van der Waals surface area contributed by atoms with Crippen LogP contribution in [0.4, 0.5) is 0 Å². The lowest BCUT2D eigenvalue weighted by Crippen LogP contribution is -2.42. The Morgan fingerprint density at radius 1 is 1.42 bits per heavy atom. The first-order valence-corrected chi connectivity index (χ1v) is 7.91. The quantitative estimate of drug-likeness (QED) is 0.847. The van der Waals surface area contributed by atoms with Gasteiger partial charge >= 0.3 is 0 Å². The van der Waals surface area contributed by atoms with Gasteiger partial charge in [0.2, 0.25) is 5.91 Å². The van der Waals surface area contributed by atoms with Crippen molar-refractivity contribution >= 4 is 40.9 Å². The summed E-state index contributed by atoms with van der Waals surface area (Å²) in [6, 6.07) is 5.09. The first kappa shape index (κ1) is 16.6. The van der Waals surface area contributed by atoms with Gasteiger partial charge in [0.15, 0.2) is 0 Å². The molecule has 6 heteroatoms. The Morgan fingerprint density at radius 2 is 2.11 bits per heavy atom. The summed E-state index contributed by atoms with van der Waals surface area (Å²) in [5.74, 6) is 0.417. The van der Waals surface area contributed by atoms with Crippen molar-refractivity contribution in [3.8, 4) is 0 Å². The van der Waals surface area contributed by atoms with Gasteiger partial charge in [-0.25, -0.2) is 0 Å². The molecule has 0 bridgehead atoms. The lowest BCUT2D eigenvalue weighted by molar-refractivity contribution is -0.121. The van der Waals surface area contributed by atoms with Gasteiger partial charge in [0.05, 0.1) is 22.1 Å². The molecule has 0 saturated carbocycles. The molecule has 1 aromatic carbocycles. The fourth-order valence-corrected chi connectivity index (χ4v) is 2.59. The van der Waals surface area contributed by atoms with Crippen LogP contribution in [0.15, 0.2) is 18.2 Å². The number of carbonyl (C=O) groups is 1. The second-order valence-corrected chi connectivity index (χ2v) is 6.31. The van der Waals surface area contributed by atoms with Crippen LogP contribution in [0.25, 0.3) is 0 Å². The fourth-order valence-electron chi connectivity index (χ4n) is 1.55. The Bertz CT molecular complexity index is 452. The van der Waals surface area contributed by atoms with E-state index >= 15 is 0 Å². The molecule has 1 amide bonds. The molecule has 0 aliphatic heterocycles. The molecular formula is C13H17Cl2NO2S. The van der Waals surface area contributed by atoms with E-state index in [4.69, 9.17) is 23.2 Å². The fraction of sp³-hybridized carbons (Fsp3) is 0.462. The Labute approximate surface area is 127 Å². The van der Waals surface area contributed by atoms with Crippen LogP contribution in [0.1, 0.15) is 12.5 Å². The van der Waals surface area contributed by atoms with Gasteiger partial charge in [-0.05, 0) is 30.9 Å². The summed E-state index contributed by atoms with van der Waals surface area (Å²) >= 11 is 13.2. The highest BCUT2D eigenvalue weighted by molar-refractivity contribution is 7.98. The number of hydrogen-bond acceptors (Lipinski definition) is 3. The van der Waals surface area contributed by atoms with Crippen LogP contribution in [-0.2, 0) is 11.2 Å². The molecule has 2 N–H and O–H groups in total. The largest absolute Gasteiger partial charge is 0.387 e. The van der Waals surface area contributed by atoms with Crippen molar-refractivity contribution in [3.63, 3.8) is 0 Å². The first-order valence-electron chi connectivity index (χ1n) is 5.76. The summed E-state index contributed by atoms with van der Waals surface area (Å²) in [7, 11) is 0. The monoisotopic (exact) mass is 321 g/mol. The number of nitrogens with one attached hydrogen (secondary N) is 1. The van der Waals surface area contributed by atoms with Crippen molar-refractivity contribution in [1.82, 2.24) is 5.32 Å². The highest BCUT2D eigenvalue weighted by Gasteiger charge is 2.20. The molecule has 0 aliphatic rings. The number of benzene rings is 1. The van der Waals surface area contributed by atoms with E-state index in [1.54, 1.807) is 25.1 Å². The van der Waals surface area contributed by atoms with Crippen molar-refractivity contribution in [3.05, 3.63) is 33.8 Å². The van der Waals surface area contributed by atoms with Crippen LogP contribution < -0.4 is 5.32 Å². The summed E-state index contributed by atoms with van der Waals surface area (Å²) in [5.41, 5.74) is -0.108.